The van der Waals surface area contributed by atoms with Gasteiger partial charge in [0.25, 0.3) is 0 Å². The molecule has 1 aliphatic rings. The van der Waals surface area contributed by atoms with Gasteiger partial charge in [0.05, 0.1) is 12.2 Å². The molecule has 5 heteroatoms. The molecule has 0 aromatic carbocycles. The fourth-order valence-corrected chi connectivity index (χ4v) is 2.09. The van der Waals surface area contributed by atoms with Crippen molar-refractivity contribution in [2.75, 3.05) is 13.1 Å². The summed E-state index contributed by atoms with van der Waals surface area (Å²) in [5.41, 5.74) is 0.402. The Morgan fingerprint density at radius 1 is 1.45 bits per heavy atom. The number of aromatic nitrogens is 1. The summed E-state index contributed by atoms with van der Waals surface area (Å²) in [7, 11) is 0. The van der Waals surface area contributed by atoms with Crippen molar-refractivity contribution in [2.24, 2.45) is 0 Å². The predicted octanol–water partition coefficient (Wildman–Crippen LogP) is 2.78. The van der Waals surface area contributed by atoms with E-state index in [4.69, 9.17) is 9.47 Å². The minimum Gasteiger partial charge on any atom is -0.487 e. The maximum absolute atomic E-state index is 12.0. The number of aryl methyl sites for hydroxylation is 1. The van der Waals surface area contributed by atoms with Crippen molar-refractivity contribution in [3.8, 4) is 5.75 Å². The lowest BCUT2D eigenvalue weighted by Crippen LogP contribution is -2.36. The van der Waals surface area contributed by atoms with Gasteiger partial charge < -0.3 is 14.4 Å². The Kier molecular flexibility index (Phi) is 4.16. The van der Waals surface area contributed by atoms with Gasteiger partial charge in [0.1, 0.15) is 17.5 Å². The summed E-state index contributed by atoms with van der Waals surface area (Å²) in [5, 5.41) is 0. The normalized spacial score (nSPS) is 19.0. The molecule has 1 atom stereocenters. The summed E-state index contributed by atoms with van der Waals surface area (Å²) < 4.78 is 11.3. The molecule has 0 radical (unpaired) electrons. The Hall–Kier alpha value is -1.78. The van der Waals surface area contributed by atoms with Crippen LogP contribution >= 0.6 is 0 Å². The van der Waals surface area contributed by atoms with Crippen LogP contribution in [-0.4, -0.2) is 40.8 Å². The number of pyridine rings is 1. The van der Waals surface area contributed by atoms with Crippen LogP contribution in [0.2, 0.25) is 0 Å². The third kappa shape index (κ3) is 3.85. The molecule has 0 unspecified atom stereocenters. The zero-order valence-electron chi connectivity index (χ0n) is 12.5. The second-order valence-corrected chi connectivity index (χ2v) is 6.04. The fraction of sp³-hybridized carbons (Fsp3) is 0.600. The summed E-state index contributed by atoms with van der Waals surface area (Å²) in [5.74, 6) is 0.781. The van der Waals surface area contributed by atoms with E-state index in [1.807, 2.05) is 39.8 Å². The zero-order chi connectivity index (χ0) is 14.8. The van der Waals surface area contributed by atoms with Crippen LogP contribution in [0.1, 0.15) is 32.9 Å². The van der Waals surface area contributed by atoms with Crippen molar-refractivity contribution >= 4 is 6.09 Å². The largest absolute Gasteiger partial charge is 0.487 e. The number of nitrogens with zero attached hydrogens (tertiary/aromatic N) is 2. The Morgan fingerprint density at radius 2 is 2.20 bits per heavy atom. The highest BCUT2D eigenvalue weighted by atomic mass is 16.6. The van der Waals surface area contributed by atoms with E-state index in [2.05, 4.69) is 4.98 Å². The van der Waals surface area contributed by atoms with Gasteiger partial charge in [0.2, 0.25) is 0 Å². The second kappa shape index (κ2) is 5.69. The molecular formula is C15H22N2O3. The van der Waals surface area contributed by atoms with Gasteiger partial charge in [-0.2, -0.15) is 0 Å². The van der Waals surface area contributed by atoms with Crippen LogP contribution in [0, 0.1) is 6.92 Å². The van der Waals surface area contributed by atoms with E-state index in [0.717, 1.165) is 17.9 Å². The van der Waals surface area contributed by atoms with Gasteiger partial charge in [0.15, 0.2) is 0 Å². The number of amides is 1. The molecule has 0 spiro atoms. The van der Waals surface area contributed by atoms with Gasteiger partial charge in [-0.15, -0.1) is 0 Å². The topological polar surface area (TPSA) is 51.7 Å². The van der Waals surface area contributed by atoms with Crippen LogP contribution in [0.5, 0.6) is 5.75 Å². The molecule has 1 aromatic rings. The predicted molar refractivity (Wildman–Crippen MR) is 75.8 cm³/mol. The third-order valence-electron chi connectivity index (χ3n) is 3.05. The molecule has 5 nitrogen and oxygen atoms in total. The summed E-state index contributed by atoms with van der Waals surface area (Å²) in [6.45, 7) is 8.74. The zero-order valence-corrected chi connectivity index (χ0v) is 12.5. The van der Waals surface area contributed by atoms with E-state index >= 15 is 0 Å². The van der Waals surface area contributed by atoms with Crippen molar-refractivity contribution in [3.63, 3.8) is 0 Å². The molecule has 0 N–H and O–H groups in total. The van der Waals surface area contributed by atoms with Gasteiger partial charge in [0, 0.05) is 19.2 Å². The lowest BCUT2D eigenvalue weighted by molar-refractivity contribution is 0.0275. The van der Waals surface area contributed by atoms with Crippen molar-refractivity contribution < 1.29 is 14.3 Å². The molecule has 20 heavy (non-hydrogen) atoms. The number of likely N-dealkylation sites (tertiary alicyclic amines) is 1. The van der Waals surface area contributed by atoms with E-state index < -0.39 is 5.60 Å². The standard InChI is InChI=1S/C15H22N2O3/c1-11-13(6-5-8-16-11)19-12-7-9-17(10-12)14(18)20-15(2,3)4/h5-6,8,12H,7,9-10H2,1-4H3/t12-/m0/s1. The fourth-order valence-electron chi connectivity index (χ4n) is 2.09. The first kappa shape index (κ1) is 14.6. The molecular weight excluding hydrogens is 256 g/mol. The van der Waals surface area contributed by atoms with Gasteiger partial charge in [-0.25, -0.2) is 4.79 Å². The number of rotatable bonds is 2. The molecule has 110 valence electrons. The molecule has 0 bridgehead atoms. The number of carbonyl (C=O) groups excluding carboxylic acids is 1. The summed E-state index contributed by atoms with van der Waals surface area (Å²) in [6.07, 6.45) is 2.29. The van der Waals surface area contributed by atoms with E-state index in [-0.39, 0.29) is 12.2 Å². The molecule has 1 aliphatic heterocycles. The quantitative estimate of drug-likeness (QED) is 0.834. The van der Waals surface area contributed by atoms with Crippen LogP contribution in [0.25, 0.3) is 0 Å². The van der Waals surface area contributed by atoms with Crippen LogP contribution in [0.15, 0.2) is 18.3 Å². The van der Waals surface area contributed by atoms with Crippen LogP contribution < -0.4 is 4.74 Å². The summed E-state index contributed by atoms with van der Waals surface area (Å²) in [6, 6.07) is 3.75. The lowest BCUT2D eigenvalue weighted by Gasteiger charge is -2.24. The van der Waals surface area contributed by atoms with E-state index in [1.165, 1.54) is 0 Å². The molecule has 2 heterocycles. The molecule has 0 aliphatic carbocycles. The van der Waals surface area contributed by atoms with Gasteiger partial charge in [-0.1, -0.05) is 0 Å². The monoisotopic (exact) mass is 278 g/mol. The lowest BCUT2D eigenvalue weighted by atomic mass is 10.2. The van der Waals surface area contributed by atoms with E-state index in [1.54, 1.807) is 11.1 Å². The molecule has 2 rings (SSSR count). The van der Waals surface area contributed by atoms with E-state index in [0.29, 0.717) is 13.1 Å². The average molecular weight is 278 g/mol. The molecule has 0 saturated carbocycles. The van der Waals surface area contributed by atoms with Crippen LogP contribution in [0.4, 0.5) is 4.79 Å². The maximum atomic E-state index is 12.0. The van der Waals surface area contributed by atoms with Crippen molar-refractivity contribution in [1.82, 2.24) is 9.88 Å². The highest BCUT2D eigenvalue weighted by Gasteiger charge is 2.31. The highest BCUT2D eigenvalue weighted by Crippen LogP contribution is 2.21. The van der Waals surface area contributed by atoms with Crippen LogP contribution in [0.3, 0.4) is 0 Å². The number of carbonyl (C=O) groups is 1. The Morgan fingerprint density at radius 3 is 2.85 bits per heavy atom. The molecule has 1 saturated heterocycles. The van der Waals surface area contributed by atoms with Crippen molar-refractivity contribution in [2.45, 2.75) is 45.8 Å². The Balaban J connectivity index is 1.90. The van der Waals surface area contributed by atoms with Gasteiger partial charge in [-0.3, -0.25) is 4.98 Å². The highest BCUT2D eigenvalue weighted by molar-refractivity contribution is 5.68. The minimum absolute atomic E-state index is 0.00502. The SMILES string of the molecule is Cc1ncccc1O[C@H]1CCN(C(=O)OC(C)(C)C)C1. The van der Waals surface area contributed by atoms with Gasteiger partial charge >= 0.3 is 6.09 Å². The van der Waals surface area contributed by atoms with E-state index in [9.17, 15) is 4.79 Å². The Bertz CT molecular complexity index is 482. The molecule has 1 amide bonds. The second-order valence-electron chi connectivity index (χ2n) is 6.04. The summed E-state index contributed by atoms with van der Waals surface area (Å²) >= 11 is 0. The minimum atomic E-state index is -0.462. The number of ether oxygens (including phenoxy) is 2. The Labute approximate surface area is 119 Å². The molecule has 1 fully saturated rings. The third-order valence-corrected chi connectivity index (χ3v) is 3.05. The number of hydrogen-bond donors (Lipinski definition) is 0. The first-order valence-corrected chi connectivity index (χ1v) is 6.91. The van der Waals surface area contributed by atoms with Gasteiger partial charge in [-0.05, 0) is 39.8 Å². The van der Waals surface area contributed by atoms with Crippen LogP contribution in [-0.2, 0) is 4.74 Å². The summed E-state index contributed by atoms with van der Waals surface area (Å²) in [4.78, 5) is 17.9. The van der Waals surface area contributed by atoms with Crippen molar-refractivity contribution in [1.29, 1.82) is 0 Å². The first-order valence-electron chi connectivity index (χ1n) is 6.91. The molecule has 1 aromatic heterocycles. The van der Waals surface area contributed by atoms with Crippen molar-refractivity contribution in [3.05, 3.63) is 24.0 Å². The smallest absolute Gasteiger partial charge is 0.410 e. The maximum Gasteiger partial charge on any atom is 0.410 e. The number of hydrogen-bond acceptors (Lipinski definition) is 4. The average Bonchev–Trinajstić information content (AvgIpc) is 2.79. The first-order chi connectivity index (χ1) is 9.35.